The van der Waals surface area contributed by atoms with Crippen LogP contribution >= 0.6 is 22.9 Å². The van der Waals surface area contributed by atoms with E-state index in [2.05, 4.69) is 21.9 Å². The molecule has 17 heavy (non-hydrogen) atoms. The highest BCUT2D eigenvalue weighted by Gasteiger charge is 2.25. The van der Waals surface area contributed by atoms with Gasteiger partial charge in [0.25, 0.3) is 0 Å². The lowest BCUT2D eigenvalue weighted by Crippen LogP contribution is -2.14. The lowest BCUT2D eigenvalue weighted by Gasteiger charge is -2.02. The summed E-state index contributed by atoms with van der Waals surface area (Å²) in [5.41, 5.74) is 2.23. The van der Waals surface area contributed by atoms with Gasteiger partial charge in [-0.05, 0) is 38.0 Å². The fourth-order valence-electron chi connectivity index (χ4n) is 1.92. The second-order valence-corrected chi connectivity index (χ2v) is 5.63. The van der Waals surface area contributed by atoms with Crippen LogP contribution in [0.4, 0.5) is 5.69 Å². The van der Waals surface area contributed by atoms with Crippen LogP contribution in [0.5, 0.6) is 0 Å². The number of halogens is 1. The van der Waals surface area contributed by atoms with Crippen molar-refractivity contribution in [2.45, 2.75) is 25.8 Å². The minimum absolute atomic E-state index is 0.666. The molecule has 1 aromatic heterocycles. The van der Waals surface area contributed by atoms with E-state index in [1.165, 1.54) is 18.5 Å². The summed E-state index contributed by atoms with van der Waals surface area (Å²) in [4.78, 5) is 5.76. The summed E-state index contributed by atoms with van der Waals surface area (Å²) in [6.45, 7) is 2.14. The maximum atomic E-state index is 5.97. The number of aryl methyl sites for hydroxylation is 1. The SMILES string of the molecule is Cc1csc(=Nc2cccc(Cl)c2)n1C1CC1. The van der Waals surface area contributed by atoms with E-state index in [1.807, 2.05) is 24.3 Å². The fourth-order valence-corrected chi connectivity index (χ4v) is 3.05. The Morgan fingerprint density at radius 3 is 2.94 bits per heavy atom. The molecule has 4 heteroatoms. The molecule has 1 aliphatic rings. The van der Waals surface area contributed by atoms with Gasteiger partial charge in [0, 0.05) is 22.1 Å². The number of nitrogens with zero attached hydrogens (tertiary/aromatic N) is 2. The first-order chi connectivity index (χ1) is 8.24. The molecule has 0 amide bonds. The zero-order chi connectivity index (χ0) is 11.8. The highest BCUT2D eigenvalue weighted by atomic mass is 35.5. The van der Waals surface area contributed by atoms with Crippen molar-refractivity contribution in [1.29, 1.82) is 0 Å². The van der Waals surface area contributed by atoms with E-state index in [9.17, 15) is 0 Å². The van der Waals surface area contributed by atoms with Gasteiger partial charge in [0.2, 0.25) is 0 Å². The van der Waals surface area contributed by atoms with E-state index in [0.717, 1.165) is 15.5 Å². The van der Waals surface area contributed by atoms with Gasteiger partial charge in [0.15, 0.2) is 4.80 Å². The van der Waals surface area contributed by atoms with Crippen molar-refractivity contribution in [1.82, 2.24) is 4.57 Å². The van der Waals surface area contributed by atoms with Gasteiger partial charge in [0.1, 0.15) is 0 Å². The number of thiazole rings is 1. The Kier molecular flexibility index (Phi) is 2.81. The number of benzene rings is 1. The monoisotopic (exact) mass is 264 g/mol. The molecule has 1 heterocycles. The molecule has 3 rings (SSSR count). The number of aromatic nitrogens is 1. The van der Waals surface area contributed by atoms with Gasteiger partial charge in [0.05, 0.1) is 5.69 Å². The summed E-state index contributed by atoms with van der Waals surface area (Å²) in [5, 5.41) is 2.90. The van der Waals surface area contributed by atoms with E-state index in [0.29, 0.717) is 6.04 Å². The Balaban J connectivity index is 2.09. The van der Waals surface area contributed by atoms with E-state index in [1.54, 1.807) is 11.3 Å². The third-order valence-corrected chi connectivity index (χ3v) is 4.06. The molecule has 2 nitrogen and oxygen atoms in total. The van der Waals surface area contributed by atoms with Gasteiger partial charge in [-0.25, -0.2) is 4.99 Å². The Bertz CT molecular complexity index is 608. The molecule has 1 saturated carbocycles. The van der Waals surface area contributed by atoms with Gasteiger partial charge in [-0.15, -0.1) is 11.3 Å². The van der Waals surface area contributed by atoms with Crippen molar-refractivity contribution >= 4 is 28.6 Å². The van der Waals surface area contributed by atoms with Crippen molar-refractivity contribution < 1.29 is 0 Å². The zero-order valence-corrected chi connectivity index (χ0v) is 11.1. The molecule has 0 aliphatic heterocycles. The first-order valence-corrected chi connectivity index (χ1v) is 6.97. The summed E-state index contributed by atoms with van der Waals surface area (Å²) in [7, 11) is 0. The van der Waals surface area contributed by atoms with Crippen LogP contribution in [0, 0.1) is 6.92 Å². The van der Waals surface area contributed by atoms with Gasteiger partial charge in [-0.1, -0.05) is 17.7 Å². The third kappa shape index (κ3) is 2.31. The number of hydrogen-bond acceptors (Lipinski definition) is 2. The summed E-state index contributed by atoms with van der Waals surface area (Å²) >= 11 is 7.67. The van der Waals surface area contributed by atoms with Gasteiger partial charge >= 0.3 is 0 Å². The van der Waals surface area contributed by atoms with Crippen LogP contribution in [0.15, 0.2) is 34.6 Å². The highest BCUT2D eigenvalue weighted by molar-refractivity contribution is 7.07. The fraction of sp³-hybridized carbons (Fsp3) is 0.308. The minimum atomic E-state index is 0.666. The molecule has 1 aliphatic carbocycles. The maximum Gasteiger partial charge on any atom is 0.190 e. The van der Waals surface area contributed by atoms with Crippen molar-refractivity contribution in [3.63, 3.8) is 0 Å². The summed E-state index contributed by atoms with van der Waals surface area (Å²) in [6, 6.07) is 8.35. The molecular weight excluding hydrogens is 252 g/mol. The molecule has 1 fully saturated rings. The lowest BCUT2D eigenvalue weighted by molar-refractivity contribution is 0.693. The molecule has 0 saturated heterocycles. The molecule has 0 atom stereocenters. The quantitative estimate of drug-likeness (QED) is 0.778. The average molecular weight is 265 g/mol. The summed E-state index contributed by atoms with van der Waals surface area (Å²) in [5.74, 6) is 0. The topological polar surface area (TPSA) is 17.3 Å². The van der Waals surface area contributed by atoms with Crippen molar-refractivity contribution in [2.24, 2.45) is 4.99 Å². The molecular formula is C13H13ClN2S. The lowest BCUT2D eigenvalue weighted by atomic mass is 10.3. The molecule has 0 spiro atoms. The standard InChI is InChI=1S/C13H13ClN2S/c1-9-8-17-13(16(9)12-5-6-12)15-11-4-2-3-10(14)7-11/h2-4,7-8,12H,5-6H2,1H3. The molecule has 88 valence electrons. The van der Waals surface area contributed by atoms with Crippen LogP contribution in [-0.2, 0) is 0 Å². The second-order valence-electron chi connectivity index (χ2n) is 4.35. The minimum Gasteiger partial charge on any atom is -0.318 e. The van der Waals surface area contributed by atoms with Crippen LogP contribution in [0.2, 0.25) is 5.02 Å². The molecule has 0 bridgehead atoms. The molecule has 2 aromatic rings. The van der Waals surface area contributed by atoms with Gasteiger partial charge in [-0.3, -0.25) is 0 Å². The number of hydrogen-bond donors (Lipinski definition) is 0. The van der Waals surface area contributed by atoms with E-state index in [4.69, 9.17) is 11.6 Å². The number of rotatable bonds is 2. The van der Waals surface area contributed by atoms with Gasteiger partial charge < -0.3 is 4.57 Å². The molecule has 1 aromatic carbocycles. The first kappa shape index (κ1) is 11.1. The van der Waals surface area contributed by atoms with Crippen molar-refractivity contribution in [2.75, 3.05) is 0 Å². The van der Waals surface area contributed by atoms with Crippen LogP contribution in [0.1, 0.15) is 24.6 Å². The molecule has 0 N–H and O–H groups in total. The van der Waals surface area contributed by atoms with Crippen LogP contribution in [0.25, 0.3) is 0 Å². The Morgan fingerprint density at radius 2 is 2.24 bits per heavy atom. The Labute approximate surface area is 109 Å². The van der Waals surface area contributed by atoms with Crippen LogP contribution in [0.3, 0.4) is 0 Å². The molecule has 0 unspecified atom stereocenters. The predicted molar refractivity (Wildman–Crippen MR) is 72.0 cm³/mol. The smallest absolute Gasteiger partial charge is 0.190 e. The Hall–Kier alpha value is -1.06. The van der Waals surface area contributed by atoms with E-state index >= 15 is 0 Å². The van der Waals surface area contributed by atoms with Crippen LogP contribution in [-0.4, -0.2) is 4.57 Å². The average Bonchev–Trinajstić information content (AvgIpc) is 3.05. The van der Waals surface area contributed by atoms with E-state index < -0.39 is 0 Å². The largest absolute Gasteiger partial charge is 0.318 e. The normalized spacial score (nSPS) is 16.5. The van der Waals surface area contributed by atoms with E-state index in [-0.39, 0.29) is 0 Å². The summed E-state index contributed by atoms with van der Waals surface area (Å²) < 4.78 is 2.34. The van der Waals surface area contributed by atoms with Crippen molar-refractivity contribution in [3.8, 4) is 0 Å². The molecule has 0 radical (unpaired) electrons. The van der Waals surface area contributed by atoms with Crippen LogP contribution < -0.4 is 4.80 Å². The first-order valence-electron chi connectivity index (χ1n) is 5.71. The van der Waals surface area contributed by atoms with Gasteiger partial charge in [-0.2, -0.15) is 0 Å². The summed E-state index contributed by atoms with van der Waals surface area (Å²) in [6.07, 6.45) is 2.56. The maximum absolute atomic E-state index is 5.97. The second kappa shape index (κ2) is 4.31. The van der Waals surface area contributed by atoms with Crippen molar-refractivity contribution in [3.05, 3.63) is 45.2 Å². The Morgan fingerprint density at radius 1 is 1.41 bits per heavy atom. The zero-order valence-electron chi connectivity index (χ0n) is 9.56. The highest BCUT2D eigenvalue weighted by Crippen LogP contribution is 2.35. The third-order valence-electron chi connectivity index (χ3n) is 2.87. The predicted octanol–water partition coefficient (Wildman–Crippen LogP) is 4.08.